The standard InChI is InChI=1S/C31H38N2O4/c1-20-21(2)29-27(31(34,30(4,5)37-29)23-8-12-25(35-6)13-9-23)22(3)28(20)33-18-16-32(17-19-33)24-10-14-26(36-7)15-11-24/h8-15,34H,16-19H2,1-7H3. The summed E-state index contributed by atoms with van der Waals surface area (Å²) in [7, 11) is 3.34. The van der Waals surface area contributed by atoms with Crippen LogP contribution in [0.2, 0.25) is 0 Å². The molecule has 2 heterocycles. The Bertz CT molecular complexity index is 1290. The Kier molecular flexibility index (Phi) is 6.27. The fourth-order valence-electron chi connectivity index (χ4n) is 6.08. The third kappa shape index (κ3) is 3.89. The highest BCUT2D eigenvalue weighted by molar-refractivity contribution is 5.73. The van der Waals surface area contributed by atoms with E-state index < -0.39 is 11.2 Å². The van der Waals surface area contributed by atoms with Crippen molar-refractivity contribution < 1.29 is 19.3 Å². The maximum Gasteiger partial charge on any atom is 0.157 e. The molecule has 0 radical (unpaired) electrons. The lowest BCUT2D eigenvalue weighted by molar-refractivity contribution is -0.0645. The summed E-state index contributed by atoms with van der Waals surface area (Å²) >= 11 is 0. The van der Waals surface area contributed by atoms with Gasteiger partial charge in [-0.1, -0.05) is 12.1 Å². The molecule has 37 heavy (non-hydrogen) atoms. The minimum absolute atomic E-state index is 0.761. The quantitative estimate of drug-likeness (QED) is 0.507. The number of piperazine rings is 1. The molecule has 1 saturated heterocycles. The molecule has 2 aliphatic rings. The lowest BCUT2D eigenvalue weighted by atomic mass is 9.74. The number of methoxy groups -OCH3 is 2. The van der Waals surface area contributed by atoms with Crippen molar-refractivity contribution in [3.05, 3.63) is 76.3 Å². The predicted octanol–water partition coefficient (Wildman–Crippen LogP) is 5.36. The van der Waals surface area contributed by atoms with Crippen LogP contribution in [0.15, 0.2) is 48.5 Å². The molecule has 0 saturated carbocycles. The zero-order valence-electron chi connectivity index (χ0n) is 23.0. The molecule has 3 aromatic rings. The first-order chi connectivity index (χ1) is 17.6. The lowest BCUT2D eigenvalue weighted by Crippen LogP contribution is -2.48. The van der Waals surface area contributed by atoms with E-state index in [4.69, 9.17) is 14.2 Å². The van der Waals surface area contributed by atoms with Crippen LogP contribution in [0.3, 0.4) is 0 Å². The van der Waals surface area contributed by atoms with Crippen molar-refractivity contribution in [2.45, 2.75) is 45.8 Å². The number of aliphatic hydroxyl groups is 1. The Morgan fingerprint density at radius 2 is 1.24 bits per heavy atom. The van der Waals surface area contributed by atoms with Crippen LogP contribution in [0.4, 0.5) is 11.4 Å². The molecule has 1 N–H and O–H groups in total. The molecule has 1 fully saturated rings. The van der Waals surface area contributed by atoms with Gasteiger partial charge in [0.1, 0.15) is 22.8 Å². The van der Waals surface area contributed by atoms with Gasteiger partial charge in [-0.3, -0.25) is 0 Å². The number of benzene rings is 3. The SMILES string of the molecule is COc1ccc(N2CCN(c3c(C)c(C)c4c(c3C)C(O)(c3ccc(OC)cc3)C(C)(C)O4)CC2)cc1. The molecule has 0 spiro atoms. The first kappa shape index (κ1) is 25.3. The van der Waals surface area contributed by atoms with Gasteiger partial charge in [0.2, 0.25) is 0 Å². The summed E-state index contributed by atoms with van der Waals surface area (Å²) in [5, 5.41) is 12.5. The Morgan fingerprint density at radius 3 is 1.78 bits per heavy atom. The number of ether oxygens (including phenoxy) is 3. The smallest absolute Gasteiger partial charge is 0.157 e. The molecule has 1 unspecified atom stereocenters. The Morgan fingerprint density at radius 1 is 0.730 bits per heavy atom. The van der Waals surface area contributed by atoms with Crippen molar-refractivity contribution in [1.29, 1.82) is 0 Å². The maximum absolute atomic E-state index is 12.5. The van der Waals surface area contributed by atoms with Gasteiger partial charge in [-0.25, -0.2) is 0 Å². The van der Waals surface area contributed by atoms with Crippen molar-refractivity contribution in [2.24, 2.45) is 0 Å². The van der Waals surface area contributed by atoms with Gasteiger partial charge in [-0.2, -0.15) is 0 Å². The van der Waals surface area contributed by atoms with Crippen molar-refractivity contribution >= 4 is 11.4 Å². The van der Waals surface area contributed by atoms with Crippen LogP contribution in [-0.2, 0) is 5.60 Å². The van der Waals surface area contributed by atoms with E-state index in [-0.39, 0.29) is 0 Å². The van der Waals surface area contributed by atoms with E-state index in [1.807, 2.05) is 50.2 Å². The van der Waals surface area contributed by atoms with Gasteiger partial charge < -0.3 is 29.1 Å². The monoisotopic (exact) mass is 502 g/mol. The van der Waals surface area contributed by atoms with Crippen molar-refractivity contribution in [1.82, 2.24) is 0 Å². The summed E-state index contributed by atoms with van der Waals surface area (Å²) in [6, 6.07) is 16.0. The van der Waals surface area contributed by atoms with Gasteiger partial charge in [0.25, 0.3) is 0 Å². The first-order valence-electron chi connectivity index (χ1n) is 13.0. The van der Waals surface area contributed by atoms with Crippen LogP contribution >= 0.6 is 0 Å². The van der Waals surface area contributed by atoms with E-state index in [0.717, 1.165) is 65.7 Å². The van der Waals surface area contributed by atoms with Crippen molar-refractivity contribution in [3.8, 4) is 17.2 Å². The molecule has 2 aliphatic heterocycles. The number of anilines is 2. The van der Waals surface area contributed by atoms with E-state index in [9.17, 15) is 5.11 Å². The van der Waals surface area contributed by atoms with Crippen molar-refractivity contribution in [3.63, 3.8) is 0 Å². The molecule has 196 valence electrons. The number of fused-ring (bicyclic) bond motifs is 1. The summed E-state index contributed by atoms with van der Waals surface area (Å²) in [6.07, 6.45) is 0. The summed E-state index contributed by atoms with van der Waals surface area (Å²) in [6.45, 7) is 14.0. The zero-order chi connectivity index (χ0) is 26.5. The Balaban J connectivity index is 1.52. The second-order valence-corrected chi connectivity index (χ2v) is 10.7. The van der Waals surface area contributed by atoms with Gasteiger partial charge in [0.05, 0.1) is 14.2 Å². The molecule has 0 aromatic heterocycles. The molecular weight excluding hydrogens is 464 g/mol. The Labute approximate surface area is 220 Å². The third-order valence-corrected chi connectivity index (χ3v) is 8.35. The number of hydrogen-bond acceptors (Lipinski definition) is 6. The molecular formula is C31H38N2O4. The van der Waals surface area contributed by atoms with Gasteiger partial charge in [0, 0.05) is 43.1 Å². The average Bonchev–Trinajstić information content (AvgIpc) is 3.14. The molecule has 5 rings (SSSR count). The fourth-order valence-corrected chi connectivity index (χ4v) is 6.08. The summed E-state index contributed by atoms with van der Waals surface area (Å²) in [5.41, 5.74) is 5.35. The van der Waals surface area contributed by atoms with Gasteiger partial charge in [0.15, 0.2) is 5.60 Å². The van der Waals surface area contributed by atoms with E-state index in [1.165, 1.54) is 16.9 Å². The third-order valence-electron chi connectivity index (χ3n) is 8.35. The van der Waals surface area contributed by atoms with E-state index in [1.54, 1.807) is 14.2 Å². The van der Waals surface area contributed by atoms with Gasteiger partial charge in [-0.15, -0.1) is 0 Å². The topological polar surface area (TPSA) is 54.4 Å². The average molecular weight is 503 g/mol. The summed E-state index contributed by atoms with van der Waals surface area (Å²) in [5.74, 6) is 2.44. The maximum atomic E-state index is 12.5. The molecule has 1 atom stereocenters. The molecule has 3 aromatic carbocycles. The highest BCUT2D eigenvalue weighted by Gasteiger charge is 2.57. The van der Waals surface area contributed by atoms with Crippen LogP contribution in [0.25, 0.3) is 0 Å². The fraction of sp³-hybridized carbons (Fsp3) is 0.419. The van der Waals surface area contributed by atoms with E-state index in [0.29, 0.717) is 0 Å². The van der Waals surface area contributed by atoms with E-state index in [2.05, 4.69) is 42.7 Å². The lowest BCUT2D eigenvalue weighted by Gasteiger charge is -2.40. The molecule has 0 bridgehead atoms. The van der Waals surface area contributed by atoms with Crippen LogP contribution < -0.4 is 24.0 Å². The minimum Gasteiger partial charge on any atom is -0.497 e. The van der Waals surface area contributed by atoms with Crippen molar-refractivity contribution in [2.75, 3.05) is 50.2 Å². The van der Waals surface area contributed by atoms with Gasteiger partial charge in [-0.05, 0) is 93.3 Å². The molecule has 6 heteroatoms. The largest absolute Gasteiger partial charge is 0.497 e. The number of nitrogens with zero attached hydrogens (tertiary/aromatic N) is 2. The van der Waals surface area contributed by atoms with Crippen LogP contribution in [0.5, 0.6) is 17.2 Å². The highest BCUT2D eigenvalue weighted by Crippen LogP contribution is 2.56. The second kappa shape index (κ2) is 9.18. The second-order valence-electron chi connectivity index (χ2n) is 10.7. The minimum atomic E-state index is -1.29. The zero-order valence-corrected chi connectivity index (χ0v) is 23.0. The first-order valence-corrected chi connectivity index (χ1v) is 13.0. The highest BCUT2D eigenvalue weighted by atomic mass is 16.5. The molecule has 0 amide bonds. The number of rotatable bonds is 5. The van der Waals surface area contributed by atoms with Crippen LogP contribution in [0, 0.1) is 20.8 Å². The van der Waals surface area contributed by atoms with Gasteiger partial charge >= 0.3 is 0 Å². The predicted molar refractivity (Wildman–Crippen MR) is 149 cm³/mol. The van der Waals surface area contributed by atoms with E-state index >= 15 is 0 Å². The summed E-state index contributed by atoms with van der Waals surface area (Å²) < 4.78 is 17.2. The van der Waals surface area contributed by atoms with Crippen LogP contribution in [0.1, 0.15) is 41.7 Å². The Hall–Kier alpha value is -3.38. The molecule has 6 nitrogen and oxygen atoms in total. The molecule has 0 aliphatic carbocycles. The normalized spacial score (nSPS) is 20.4. The van der Waals surface area contributed by atoms with Crippen LogP contribution in [-0.4, -0.2) is 51.1 Å². The number of hydrogen-bond donors (Lipinski definition) is 1. The summed E-state index contributed by atoms with van der Waals surface area (Å²) in [4.78, 5) is 4.89.